The third kappa shape index (κ3) is 1.42. The molecule has 2 rings (SSSR count). The van der Waals surface area contributed by atoms with E-state index >= 15 is 0 Å². The zero-order chi connectivity index (χ0) is 9.26. The summed E-state index contributed by atoms with van der Waals surface area (Å²) in [5.41, 5.74) is 9.81. The van der Waals surface area contributed by atoms with Gasteiger partial charge in [-0.2, -0.15) is 0 Å². The molecule has 1 aromatic rings. The van der Waals surface area contributed by atoms with Crippen LogP contribution in [0.4, 0.5) is 5.69 Å². The maximum Gasteiger partial charge on any atom is 0.0425 e. The molecule has 0 radical (unpaired) electrons. The molecule has 1 aliphatic rings. The number of hydrogen-bond acceptors (Lipinski definition) is 2. The number of nitrogens with one attached hydrogen (secondary N) is 1. The minimum atomic E-state index is 0.447. The topological polar surface area (TPSA) is 38.0 Å². The van der Waals surface area contributed by atoms with Crippen LogP contribution in [0.15, 0.2) is 18.2 Å². The molecule has 1 aromatic carbocycles. The number of hydrogen-bond donors (Lipinski definition) is 2. The lowest BCUT2D eigenvalue weighted by molar-refractivity contribution is 0.760. The molecule has 13 heavy (non-hydrogen) atoms. The van der Waals surface area contributed by atoms with Crippen LogP contribution in [-0.4, -0.2) is 12.6 Å². The van der Waals surface area contributed by atoms with E-state index in [1.54, 1.807) is 0 Å². The zero-order valence-corrected chi connectivity index (χ0v) is 8.01. The van der Waals surface area contributed by atoms with Gasteiger partial charge in [0.25, 0.3) is 0 Å². The van der Waals surface area contributed by atoms with Crippen molar-refractivity contribution in [2.24, 2.45) is 5.73 Å². The van der Waals surface area contributed by atoms with E-state index in [0.29, 0.717) is 6.04 Å². The van der Waals surface area contributed by atoms with E-state index in [4.69, 9.17) is 5.73 Å². The van der Waals surface area contributed by atoms with Crippen molar-refractivity contribution in [1.82, 2.24) is 0 Å². The van der Waals surface area contributed by atoms with Gasteiger partial charge in [0, 0.05) is 18.3 Å². The summed E-state index contributed by atoms with van der Waals surface area (Å²) in [6.07, 6.45) is 2.17. The highest BCUT2D eigenvalue weighted by Gasteiger charge is 2.20. The molecule has 0 bridgehead atoms. The van der Waals surface area contributed by atoms with E-state index in [1.807, 2.05) is 0 Å². The van der Waals surface area contributed by atoms with Gasteiger partial charge in [-0.05, 0) is 24.0 Å². The first-order chi connectivity index (χ1) is 6.35. The van der Waals surface area contributed by atoms with Crippen molar-refractivity contribution in [2.45, 2.75) is 25.8 Å². The zero-order valence-electron chi connectivity index (χ0n) is 8.01. The molecule has 0 aliphatic carbocycles. The lowest BCUT2D eigenvalue weighted by Crippen LogP contribution is -2.26. The smallest absolute Gasteiger partial charge is 0.0425 e. The van der Waals surface area contributed by atoms with Gasteiger partial charge in [0.15, 0.2) is 0 Å². The molecule has 1 atom stereocenters. The quantitative estimate of drug-likeness (QED) is 0.717. The van der Waals surface area contributed by atoms with E-state index in [2.05, 4.69) is 30.4 Å². The Labute approximate surface area is 79.1 Å². The Morgan fingerprint density at radius 2 is 2.38 bits per heavy atom. The first kappa shape index (κ1) is 8.57. The van der Waals surface area contributed by atoms with Crippen LogP contribution in [0.3, 0.4) is 0 Å². The van der Waals surface area contributed by atoms with Gasteiger partial charge in [-0.25, -0.2) is 0 Å². The van der Waals surface area contributed by atoms with Crippen LogP contribution in [0.2, 0.25) is 0 Å². The van der Waals surface area contributed by atoms with Crippen LogP contribution in [0.5, 0.6) is 0 Å². The third-order valence-electron chi connectivity index (χ3n) is 2.72. The van der Waals surface area contributed by atoms with E-state index in [-0.39, 0.29) is 0 Å². The Hall–Kier alpha value is -1.02. The minimum absolute atomic E-state index is 0.447. The summed E-state index contributed by atoms with van der Waals surface area (Å²) < 4.78 is 0. The summed E-state index contributed by atoms with van der Waals surface area (Å²) in [5.74, 6) is 0. The van der Waals surface area contributed by atoms with Gasteiger partial charge < -0.3 is 11.1 Å². The molecule has 70 valence electrons. The predicted molar refractivity (Wildman–Crippen MR) is 56.0 cm³/mol. The summed E-state index contributed by atoms with van der Waals surface area (Å²) in [6, 6.07) is 6.96. The van der Waals surface area contributed by atoms with Gasteiger partial charge >= 0.3 is 0 Å². The molecule has 0 saturated carbocycles. The molecule has 3 N–H and O–H groups in total. The van der Waals surface area contributed by atoms with E-state index in [9.17, 15) is 0 Å². The Bertz CT molecular complexity index is 307. The second-order valence-electron chi connectivity index (χ2n) is 3.59. The monoisotopic (exact) mass is 176 g/mol. The molecule has 1 heterocycles. The molecule has 2 heteroatoms. The first-order valence-corrected chi connectivity index (χ1v) is 4.92. The van der Waals surface area contributed by atoms with Gasteiger partial charge in [-0.1, -0.05) is 25.1 Å². The highest BCUT2D eigenvalue weighted by atomic mass is 15.0. The van der Waals surface area contributed by atoms with Gasteiger partial charge in [-0.3, -0.25) is 0 Å². The maximum atomic E-state index is 5.64. The van der Waals surface area contributed by atoms with Crippen molar-refractivity contribution in [2.75, 3.05) is 11.9 Å². The van der Waals surface area contributed by atoms with Gasteiger partial charge in [0.05, 0.1) is 0 Å². The van der Waals surface area contributed by atoms with E-state index < -0.39 is 0 Å². The highest BCUT2D eigenvalue weighted by molar-refractivity contribution is 5.62. The predicted octanol–water partition coefficient (Wildman–Crippen LogP) is 1.54. The molecule has 0 saturated heterocycles. The molecule has 2 nitrogen and oxygen atoms in total. The maximum absolute atomic E-state index is 5.64. The second kappa shape index (κ2) is 3.38. The number of nitrogens with two attached hydrogens (primary N) is 1. The van der Waals surface area contributed by atoms with Crippen LogP contribution in [0.1, 0.15) is 18.1 Å². The normalized spacial score (nSPS) is 19.7. The first-order valence-electron chi connectivity index (χ1n) is 4.92. The molecular formula is C11H16N2. The largest absolute Gasteiger partial charge is 0.380 e. The molecule has 0 aromatic heterocycles. The minimum Gasteiger partial charge on any atom is -0.380 e. The lowest BCUT2D eigenvalue weighted by Gasteiger charge is -2.09. The fourth-order valence-corrected chi connectivity index (χ4v) is 1.97. The molecule has 0 fully saturated rings. The summed E-state index contributed by atoms with van der Waals surface area (Å²) in [7, 11) is 0. The molecule has 1 unspecified atom stereocenters. The number of para-hydroxylation sites is 1. The Morgan fingerprint density at radius 1 is 1.54 bits per heavy atom. The highest BCUT2D eigenvalue weighted by Crippen LogP contribution is 2.29. The number of anilines is 1. The molecule has 0 amide bonds. The standard InChI is InChI=1S/C11H16N2/c1-2-8-4-3-5-9-6-10(7-12)13-11(8)9/h3-5,10,13H,2,6-7,12H2,1H3. The van der Waals surface area contributed by atoms with E-state index in [1.165, 1.54) is 16.8 Å². The van der Waals surface area contributed by atoms with Crippen molar-refractivity contribution >= 4 is 5.69 Å². The van der Waals surface area contributed by atoms with Crippen molar-refractivity contribution in [3.05, 3.63) is 29.3 Å². The molecular weight excluding hydrogens is 160 g/mol. The Balaban J connectivity index is 2.33. The van der Waals surface area contributed by atoms with Crippen LogP contribution in [-0.2, 0) is 12.8 Å². The third-order valence-corrected chi connectivity index (χ3v) is 2.72. The average Bonchev–Trinajstić information content (AvgIpc) is 2.59. The average molecular weight is 176 g/mol. The molecule has 0 spiro atoms. The number of rotatable bonds is 2. The lowest BCUT2D eigenvalue weighted by atomic mass is 10.1. The Morgan fingerprint density at radius 3 is 3.08 bits per heavy atom. The van der Waals surface area contributed by atoms with Gasteiger partial charge in [0.2, 0.25) is 0 Å². The van der Waals surface area contributed by atoms with Crippen LogP contribution < -0.4 is 11.1 Å². The van der Waals surface area contributed by atoms with E-state index in [0.717, 1.165) is 19.4 Å². The van der Waals surface area contributed by atoms with Crippen molar-refractivity contribution in [1.29, 1.82) is 0 Å². The van der Waals surface area contributed by atoms with Crippen molar-refractivity contribution < 1.29 is 0 Å². The number of benzene rings is 1. The molecule has 1 aliphatic heterocycles. The number of aryl methyl sites for hydroxylation is 1. The van der Waals surface area contributed by atoms with Crippen molar-refractivity contribution in [3.63, 3.8) is 0 Å². The fourth-order valence-electron chi connectivity index (χ4n) is 1.97. The van der Waals surface area contributed by atoms with Crippen LogP contribution in [0.25, 0.3) is 0 Å². The van der Waals surface area contributed by atoms with Gasteiger partial charge in [-0.15, -0.1) is 0 Å². The summed E-state index contributed by atoms with van der Waals surface area (Å²) >= 11 is 0. The van der Waals surface area contributed by atoms with Crippen LogP contribution >= 0.6 is 0 Å². The van der Waals surface area contributed by atoms with Gasteiger partial charge in [0.1, 0.15) is 0 Å². The summed E-state index contributed by atoms with van der Waals surface area (Å²) in [5, 5.41) is 3.48. The van der Waals surface area contributed by atoms with Crippen LogP contribution in [0, 0.1) is 0 Å². The second-order valence-corrected chi connectivity index (χ2v) is 3.59. The van der Waals surface area contributed by atoms with Crippen molar-refractivity contribution in [3.8, 4) is 0 Å². The summed E-state index contributed by atoms with van der Waals surface area (Å²) in [6.45, 7) is 2.91. The number of fused-ring (bicyclic) bond motifs is 1. The fraction of sp³-hybridized carbons (Fsp3) is 0.455. The summed E-state index contributed by atoms with van der Waals surface area (Å²) in [4.78, 5) is 0. The Kier molecular flexibility index (Phi) is 2.23. The SMILES string of the molecule is CCc1cccc2c1NC(CN)C2.